The van der Waals surface area contributed by atoms with Gasteiger partial charge in [-0.15, -0.1) is 0 Å². The topological polar surface area (TPSA) is 15.3 Å². The lowest BCUT2D eigenvalue weighted by atomic mass is 10.1. The summed E-state index contributed by atoms with van der Waals surface area (Å²) < 4.78 is 0. The molecule has 0 aliphatic carbocycles. The van der Waals surface area contributed by atoms with Crippen LogP contribution >= 0.6 is 0 Å². The summed E-state index contributed by atoms with van der Waals surface area (Å²) in [6, 6.07) is 8.80. The number of likely N-dealkylation sites (tertiary alicyclic amines) is 1. The van der Waals surface area contributed by atoms with Crippen LogP contribution in [-0.2, 0) is 6.54 Å². The molecule has 1 aliphatic rings. The Bertz CT molecular complexity index is 339. The van der Waals surface area contributed by atoms with Gasteiger partial charge in [0.25, 0.3) is 0 Å². The van der Waals surface area contributed by atoms with Gasteiger partial charge in [-0.2, -0.15) is 0 Å². The fourth-order valence-corrected chi connectivity index (χ4v) is 2.55. The van der Waals surface area contributed by atoms with E-state index >= 15 is 0 Å². The van der Waals surface area contributed by atoms with Gasteiger partial charge < -0.3 is 10.2 Å². The summed E-state index contributed by atoms with van der Waals surface area (Å²) in [6.45, 7) is 8.09. The number of hydrogen-bond donors (Lipinski definition) is 1. The van der Waals surface area contributed by atoms with Crippen molar-refractivity contribution in [3.63, 3.8) is 0 Å². The van der Waals surface area contributed by atoms with E-state index in [0.29, 0.717) is 0 Å². The van der Waals surface area contributed by atoms with E-state index in [2.05, 4.69) is 47.8 Å². The molecule has 0 saturated carbocycles. The van der Waals surface area contributed by atoms with Crippen LogP contribution in [0.2, 0.25) is 0 Å². The maximum absolute atomic E-state index is 3.53. The number of rotatable bonds is 7. The molecule has 0 unspecified atom stereocenters. The molecule has 0 spiro atoms. The van der Waals surface area contributed by atoms with Crippen molar-refractivity contribution >= 4 is 0 Å². The van der Waals surface area contributed by atoms with E-state index in [4.69, 9.17) is 0 Å². The van der Waals surface area contributed by atoms with Gasteiger partial charge in [-0.3, -0.25) is 0 Å². The summed E-state index contributed by atoms with van der Waals surface area (Å²) >= 11 is 0. The number of benzene rings is 1. The lowest BCUT2D eigenvalue weighted by molar-refractivity contribution is 0.249. The van der Waals surface area contributed by atoms with Crippen LogP contribution < -0.4 is 5.32 Å². The molecule has 2 heteroatoms. The fourth-order valence-electron chi connectivity index (χ4n) is 2.55. The summed E-state index contributed by atoms with van der Waals surface area (Å²) in [5.41, 5.74) is 2.72. The number of nitrogens with zero attached hydrogens (tertiary/aromatic N) is 1. The highest BCUT2D eigenvalue weighted by atomic mass is 15.1. The van der Waals surface area contributed by atoms with Crippen molar-refractivity contribution in [3.8, 4) is 0 Å². The van der Waals surface area contributed by atoms with Crippen LogP contribution in [-0.4, -0.2) is 31.1 Å². The molecule has 1 heterocycles. The molecule has 0 atom stereocenters. The third-order valence-corrected chi connectivity index (χ3v) is 3.83. The average molecular weight is 259 g/mol. The van der Waals surface area contributed by atoms with Crippen molar-refractivity contribution in [1.82, 2.24) is 10.2 Å². The van der Waals surface area contributed by atoms with Gasteiger partial charge >= 0.3 is 0 Å². The normalized spacial score (nSPS) is 16.7. The van der Waals surface area contributed by atoms with Crippen LogP contribution in [0.15, 0.2) is 24.3 Å². The summed E-state index contributed by atoms with van der Waals surface area (Å²) in [4.78, 5) is 2.60. The Labute approximate surface area is 118 Å². The second-order valence-electron chi connectivity index (χ2n) is 5.58. The molecule has 0 amide bonds. The zero-order valence-electron chi connectivity index (χ0n) is 12.2. The molecule has 0 bridgehead atoms. The molecule has 1 aliphatic heterocycles. The van der Waals surface area contributed by atoms with Crippen LogP contribution in [0, 0.1) is 13.3 Å². The highest BCUT2D eigenvalue weighted by molar-refractivity contribution is 5.20. The molecule has 1 fully saturated rings. The molecule has 1 aromatic carbocycles. The molecule has 1 saturated heterocycles. The largest absolute Gasteiger partial charge is 0.313 e. The van der Waals surface area contributed by atoms with E-state index in [1.807, 2.05) is 0 Å². The highest BCUT2D eigenvalue weighted by Gasteiger charge is 2.08. The zero-order chi connectivity index (χ0) is 13.3. The second-order valence-corrected chi connectivity index (χ2v) is 5.58. The third kappa shape index (κ3) is 5.75. The molecule has 19 heavy (non-hydrogen) atoms. The first-order chi connectivity index (χ1) is 9.34. The molecule has 2 nitrogen and oxygen atoms in total. The Morgan fingerprint density at radius 3 is 2.53 bits per heavy atom. The lowest BCUT2D eigenvalue weighted by Crippen LogP contribution is -2.31. The minimum Gasteiger partial charge on any atom is -0.313 e. The van der Waals surface area contributed by atoms with Gasteiger partial charge in [-0.1, -0.05) is 29.8 Å². The Balaban J connectivity index is 1.49. The SMILES string of the molecule is Cc1ccc(CNCCCCN2CC[CH]CC2)cc1. The fraction of sp³-hybridized carbons (Fsp3) is 0.588. The molecule has 1 radical (unpaired) electrons. The molecule has 0 aromatic heterocycles. The molecule has 1 aromatic rings. The van der Waals surface area contributed by atoms with Crippen LogP contribution in [0.5, 0.6) is 0 Å². The summed E-state index contributed by atoms with van der Waals surface area (Å²) in [5, 5.41) is 3.53. The first kappa shape index (κ1) is 14.5. The van der Waals surface area contributed by atoms with Crippen LogP contribution in [0.1, 0.15) is 36.8 Å². The molecular weight excluding hydrogens is 232 g/mol. The number of unbranched alkanes of at least 4 members (excludes halogenated alkanes) is 1. The maximum Gasteiger partial charge on any atom is 0.0205 e. The van der Waals surface area contributed by atoms with Crippen molar-refractivity contribution in [2.24, 2.45) is 0 Å². The Kier molecular flexibility index (Phi) is 6.38. The third-order valence-electron chi connectivity index (χ3n) is 3.83. The van der Waals surface area contributed by atoms with E-state index in [9.17, 15) is 0 Å². The standard InChI is InChI=1S/C17H27N2/c1-16-7-9-17(10-8-16)15-18-11-3-6-14-19-12-4-2-5-13-19/h2,7-10,18H,3-6,11-15H2,1H3. The summed E-state index contributed by atoms with van der Waals surface area (Å²) in [5.74, 6) is 0. The van der Waals surface area contributed by atoms with E-state index in [1.54, 1.807) is 0 Å². The van der Waals surface area contributed by atoms with Gasteiger partial charge in [0.1, 0.15) is 0 Å². The number of nitrogens with one attached hydrogen (secondary N) is 1. The Hall–Kier alpha value is -0.860. The van der Waals surface area contributed by atoms with Crippen molar-refractivity contribution in [3.05, 3.63) is 41.8 Å². The van der Waals surface area contributed by atoms with Gasteiger partial charge in [0.05, 0.1) is 0 Å². The van der Waals surface area contributed by atoms with E-state index in [0.717, 1.165) is 13.1 Å². The first-order valence-electron chi connectivity index (χ1n) is 7.65. The minimum atomic E-state index is 0.999. The van der Waals surface area contributed by atoms with E-state index < -0.39 is 0 Å². The Morgan fingerprint density at radius 1 is 1.05 bits per heavy atom. The molecule has 2 rings (SSSR count). The van der Waals surface area contributed by atoms with E-state index in [1.165, 1.54) is 56.4 Å². The summed E-state index contributed by atoms with van der Waals surface area (Å²) in [7, 11) is 0. The second kappa shape index (κ2) is 8.34. The van der Waals surface area contributed by atoms with Gasteiger partial charge in [0.15, 0.2) is 0 Å². The number of hydrogen-bond acceptors (Lipinski definition) is 2. The van der Waals surface area contributed by atoms with Crippen LogP contribution in [0.4, 0.5) is 0 Å². The smallest absolute Gasteiger partial charge is 0.0205 e. The predicted molar refractivity (Wildman–Crippen MR) is 82.1 cm³/mol. The maximum atomic E-state index is 3.53. The quantitative estimate of drug-likeness (QED) is 0.757. The predicted octanol–water partition coefficient (Wildman–Crippen LogP) is 3.16. The van der Waals surface area contributed by atoms with Crippen LogP contribution in [0.25, 0.3) is 0 Å². The first-order valence-corrected chi connectivity index (χ1v) is 7.65. The summed E-state index contributed by atoms with van der Waals surface area (Å²) in [6.07, 6.45) is 7.59. The number of piperidine rings is 1. The van der Waals surface area contributed by atoms with Crippen molar-refractivity contribution in [2.75, 3.05) is 26.2 Å². The highest BCUT2D eigenvalue weighted by Crippen LogP contribution is 2.08. The van der Waals surface area contributed by atoms with Crippen molar-refractivity contribution in [2.45, 2.75) is 39.2 Å². The minimum absolute atomic E-state index is 0.999. The van der Waals surface area contributed by atoms with Crippen LogP contribution in [0.3, 0.4) is 0 Å². The van der Waals surface area contributed by atoms with Crippen molar-refractivity contribution < 1.29 is 0 Å². The monoisotopic (exact) mass is 259 g/mol. The van der Waals surface area contributed by atoms with Gasteiger partial charge in [0.2, 0.25) is 0 Å². The van der Waals surface area contributed by atoms with E-state index in [-0.39, 0.29) is 0 Å². The number of aryl methyl sites for hydroxylation is 1. The van der Waals surface area contributed by atoms with Gasteiger partial charge in [-0.25, -0.2) is 0 Å². The molecule has 1 N–H and O–H groups in total. The van der Waals surface area contributed by atoms with Crippen molar-refractivity contribution in [1.29, 1.82) is 0 Å². The zero-order valence-corrected chi connectivity index (χ0v) is 12.2. The van der Waals surface area contributed by atoms with Gasteiger partial charge in [-0.05, 0) is 70.8 Å². The molecular formula is C17H27N2. The molecule has 105 valence electrons. The average Bonchev–Trinajstić information content (AvgIpc) is 2.46. The van der Waals surface area contributed by atoms with Gasteiger partial charge in [0, 0.05) is 6.54 Å². The Morgan fingerprint density at radius 2 is 1.79 bits per heavy atom. The lowest BCUT2D eigenvalue weighted by Gasteiger charge is -2.26.